The van der Waals surface area contributed by atoms with Crippen molar-refractivity contribution in [3.63, 3.8) is 0 Å². The third-order valence-corrected chi connectivity index (χ3v) is 3.49. The van der Waals surface area contributed by atoms with Crippen LogP contribution in [0.5, 0.6) is 0 Å². The van der Waals surface area contributed by atoms with E-state index in [2.05, 4.69) is 59.9 Å². The summed E-state index contributed by atoms with van der Waals surface area (Å²) in [6.45, 7) is 2.08. The lowest BCUT2D eigenvalue weighted by Gasteiger charge is -2.08. The normalized spacial score (nSPS) is 10.8. The van der Waals surface area contributed by atoms with E-state index in [1.54, 1.807) is 0 Å². The van der Waals surface area contributed by atoms with Crippen LogP contribution in [-0.4, -0.2) is 6.21 Å². The number of hydrogen-bond acceptors (Lipinski definition) is 2. The Hall–Kier alpha value is -2.87. The molecule has 0 amide bonds. The summed E-state index contributed by atoms with van der Waals surface area (Å²) in [4.78, 5) is 0. The zero-order chi connectivity index (χ0) is 15.2. The standard InChI is InChI=1S/C20H18N2/c1-16-11-13-17(14-12-16)15-21-22-20-10-6-5-9-19(20)18-7-3-2-4-8-18/h2-15,22H,1H3/b21-15+. The predicted octanol–water partition coefficient (Wildman–Crippen LogP) is 5.11. The second kappa shape index (κ2) is 6.72. The number of anilines is 1. The Balaban J connectivity index is 1.80. The Morgan fingerprint density at radius 2 is 1.45 bits per heavy atom. The Bertz CT molecular complexity index is 759. The minimum absolute atomic E-state index is 0.997. The van der Waals surface area contributed by atoms with Crippen molar-refractivity contribution < 1.29 is 0 Å². The highest BCUT2D eigenvalue weighted by Gasteiger charge is 2.02. The zero-order valence-electron chi connectivity index (χ0n) is 12.5. The molecule has 0 saturated carbocycles. The minimum Gasteiger partial charge on any atom is -0.278 e. The maximum Gasteiger partial charge on any atom is 0.0640 e. The summed E-state index contributed by atoms with van der Waals surface area (Å²) in [6, 6.07) is 26.8. The fraction of sp³-hybridized carbons (Fsp3) is 0.0500. The first-order valence-electron chi connectivity index (χ1n) is 7.33. The summed E-state index contributed by atoms with van der Waals surface area (Å²) in [5.74, 6) is 0. The smallest absolute Gasteiger partial charge is 0.0640 e. The molecule has 0 fully saturated rings. The lowest BCUT2D eigenvalue weighted by atomic mass is 10.0. The number of nitrogens with zero attached hydrogens (tertiary/aromatic N) is 1. The third kappa shape index (κ3) is 3.41. The van der Waals surface area contributed by atoms with E-state index in [1.807, 2.05) is 42.6 Å². The van der Waals surface area contributed by atoms with E-state index in [4.69, 9.17) is 0 Å². The quantitative estimate of drug-likeness (QED) is 0.523. The second-order valence-corrected chi connectivity index (χ2v) is 5.19. The number of hydrogen-bond donors (Lipinski definition) is 1. The predicted molar refractivity (Wildman–Crippen MR) is 94.3 cm³/mol. The van der Waals surface area contributed by atoms with Gasteiger partial charge in [0.25, 0.3) is 0 Å². The van der Waals surface area contributed by atoms with Crippen molar-refractivity contribution in [2.45, 2.75) is 6.92 Å². The summed E-state index contributed by atoms with van der Waals surface area (Å²) >= 11 is 0. The fourth-order valence-corrected chi connectivity index (χ4v) is 2.28. The first kappa shape index (κ1) is 14.1. The van der Waals surface area contributed by atoms with Gasteiger partial charge in [0, 0.05) is 5.56 Å². The summed E-state index contributed by atoms with van der Waals surface area (Å²) < 4.78 is 0. The average Bonchev–Trinajstić information content (AvgIpc) is 2.58. The molecule has 0 bridgehead atoms. The molecule has 0 spiro atoms. The van der Waals surface area contributed by atoms with Crippen LogP contribution in [0.25, 0.3) is 11.1 Å². The topological polar surface area (TPSA) is 24.4 Å². The Kier molecular flexibility index (Phi) is 4.30. The van der Waals surface area contributed by atoms with Gasteiger partial charge in [-0.15, -0.1) is 0 Å². The molecular formula is C20H18N2. The Morgan fingerprint density at radius 1 is 0.773 bits per heavy atom. The van der Waals surface area contributed by atoms with Gasteiger partial charge in [-0.2, -0.15) is 5.10 Å². The van der Waals surface area contributed by atoms with Crippen LogP contribution >= 0.6 is 0 Å². The molecule has 0 saturated heterocycles. The number of nitrogens with one attached hydrogen (secondary N) is 1. The lowest BCUT2D eigenvalue weighted by Crippen LogP contribution is -1.93. The van der Waals surface area contributed by atoms with E-state index < -0.39 is 0 Å². The van der Waals surface area contributed by atoms with E-state index >= 15 is 0 Å². The van der Waals surface area contributed by atoms with Crippen LogP contribution in [0.4, 0.5) is 5.69 Å². The van der Waals surface area contributed by atoms with E-state index in [-0.39, 0.29) is 0 Å². The number of hydrazone groups is 1. The van der Waals surface area contributed by atoms with Crippen molar-refractivity contribution >= 4 is 11.9 Å². The van der Waals surface area contributed by atoms with Gasteiger partial charge in [0.2, 0.25) is 0 Å². The summed E-state index contributed by atoms with van der Waals surface area (Å²) in [5.41, 5.74) is 8.79. The number of para-hydroxylation sites is 1. The molecule has 3 rings (SSSR count). The average molecular weight is 286 g/mol. The molecule has 108 valence electrons. The molecule has 0 aromatic heterocycles. The summed E-state index contributed by atoms with van der Waals surface area (Å²) in [6.07, 6.45) is 1.83. The molecule has 0 atom stereocenters. The molecule has 3 aromatic rings. The molecule has 0 aliphatic carbocycles. The van der Waals surface area contributed by atoms with Crippen molar-refractivity contribution in [3.05, 3.63) is 90.0 Å². The second-order valence-electron chi connectivity index (χ2n) is 5.19. The van der Waals surface area contributed by atoms with Crippen molar-refractivity contribution in [3.8, 4) is 11.1 Å². The highest BCUT2D eigenvalue weighted by molar-refractivity contribution is 5.82. The van der Waals surface area contributed by atoms with Gasteiger partial charge in [0.05, 0.1) is 11.9 Å². The Morgan fingerprint density at radius 3 is 2.23 bits per heavy atom. The van der Waals surface area contributed by atoms with Gasteiger partial charge in [-0.1, -0.05) is 78.4 Å². The Labute approximate surface area is 131 Å². The molecule has 2 heteroatoms. The van der Waals surface area contributed by atoms with Crippen LogP contribution in [0.3, 0.4) is 0 Å². The van der Waals surface area contributed by atoms with Crippen LogP contribution in [0, 0.1) is 6.92 Å². The number of benzene rings is 3. The van der Waals surface area contributed by atoms with Gasteiger partial charge >= 0.3 is 0 Å². The zero-order valence-corrected chi connectivity index (χ0v) is 12.5. The molecule has 22 heavy (non-hydrogen) atoms. The molecule has 0 heterocycles. The largest absolute Gasteiger partial charge is 0.278 e. The van der Waals surface area contributed by atoms with Crippen LogP contribution < -0.4 is 5.43 Å². The molecule has 2 nitrogen and oxygen atoms in total. The van der Waals surface area contributed by atoms with E-state index in [0.717, 1.165) is 16.8 Å². The first-order valence-corrected chi connectivity index (χ1v) is 7.33. The monoisotopic (exact) mass is 286 g/mol. The lowest BCUT2D eigenvalue weighted by molar-refractivity contribution is 1.35. The molecule has 0 radical (unpaired) electrons. The molecule has 0 unspecified atom stereocenters. The summed E-state index contributed by atoms with van der Waals surface area (Å²) in [5, 5.41) is 4.35. The van der Waals surface area contributed by atoms with Crippen LogP contribution in [0.1, 0.15) is 11.1 Å². The van der Waals surface area contributed by atoms with Gasteiger partial charge < -0.3 is 0 Å². The van der Waals surface area contributed by atoms with Crippen LogP contribution in [0.2, 0.25) is 0 Å². The fourth-order valence-electron chi connectivity index (χ4n) is 2.28. The first-order chi connectivity index (χ1) is 10.8. The SMILES string of the molecule is Cc1ccc(/C=N/Nc2ccccc2-c2ccccc2)cc1. The van der Waals surface area contributed by atoms with Crippen LogP contribution in [0.15, 0.2) is 84.0 Å². The van der Waals surface area contributed by atoms with Gasteiger partial charge in [-0.25, -0.2) is 0 Å². The van der Waals surface area contributed by atoms with Crippen molar-refractivity contribution in [2.24, 2.45) is 5.10 Å². The van der Waals surface area contributed by atoms with Gasteiger partial charge in [-0.3, -0.25) is 5.43 Å². The molecule has 0 aliphatic rings. The molecule has 1 N–H and O–H groups in total. The third-order valence-electron chi connectivity index (χ3n) is 3.49. The van der Waals surface area contributed by atoms with Crippen molar-refractivity contribution in [1.82, 2.24) is 0 Å². The molecule has 3 aromatic carbocycles. The maximum atomic E-state index is 4.35. The number of rotatable bonds is 4. The molecule has 0 aliphatic heterocycles. The van der Waals surface area contributed by atoms with E-state index in [9.17, 15) is 0 Å². The highest BCUT2D eigenvalue weighted by atomic mass is 15.3. The summed E-state index contributed by atoms with van der Waals surface area (Å²) in [7, 11) is 0. The van der Waals surface area contributed by atoms with Crippen molar-refractivity contribution in [2.75, 3.05) is 5.43 Å². The van der Waals surface area contributed by atoms with Gasteiger partial charge in [0.1, 0.15) is 0 Å². The van der Waals surface area contributed by atoms with Gasteiger partial charge in [0.15, 0.2) is 0 Å². The van der Waals surface area contributed by atoms with E-state index in [1.165, 1.54) is 11.1 Å². The maximum absolute atomic E-state index is 4.35. The highest BCUT2D eigenvalue weighted by Crippen LogP contribution is 2.27. The van der Waals surface area contributed by atoms with Gasteiger partial charge in [-0.05, 0) is 24.1 Å². The molecular weight excluding hydrogens is 268 g/mol. The minimum atomic E-state index is 0.997. The van der Waals surface area contributed by atoms with Crippen LogP contribution in [-0.2, 0) is 0 Å². The van der Waals surface area contributed by atoms with Crippen molar-refractivity contribution in [1.29, 1.82) is 0 Å². The number of aryl methyl sites for hydroxylation is 1. The van der Waals surface area contributed by atoms with E-state index in [0.29, 0.717) is 0 Å².